The Balaban J connectivity index is 2.46. The van der Waals surface area contributed by atoms with E-state index >= 15 is 0 Å². The fraction of sp³-hybridized carbons (Fsp3) is 1.00. The number of likely N-dealkylation sites (N-methyl/N-ethyl adjacent to an activating group) is 1. The predicted molar refractivity (Wildman–Crippen MR) is 64.0 cm³/mol. The zero-order valence-corrected chi connectivity index (χ0v) is 10.8. The van der Waals surface area contributed by atoms with Gasteiger partial charge in [0.2, 0.25) is 0 Å². The van der Waals surface area contributed by atoms with Crippen molar-refractivity contribution in [2.45, 2.75) is 39.8 Å². The first kappa shape index (κ1) is 12.9. The first-order valence-electron chi connectivity index (χ1n) is 5.93. The van der Waals surface area contributed by atoms with E-state index in [0.717, 1.165) is 26.2 Å². The Bertz CT molecular complexity index is 204. The molecule has 1 N–H and O–H groups in total. The number of piperazine rings is 1. The van der Waals surface area contributed by atoms with Crippen molar-refractivity contribution >= 4 is 0 Å². The summed E-state index contributed by atoms with van der Waals surface area (Å²) in [7, 11) is 2.18. The van der Waals surface area contributed by atoms with Gasteiger partial charge in [-0.15, -0.1) is 0 Å². The number of aliphatic hydroxyl groups excluding tert-OH is 1. The summed E-state index contributed by atoms with van der Waals surface area (Å²) in [6, 6.07) is 0.628. The van der Waals surface area contributed by atoms with Crippen LogP contribution in [0.2, 0.25) is 0 Å². The molecule has 0 aliphatic carbocycles. The van der Waals surface area contributed by atoms with Crippen molar-refractivity contribution < 1.29 is 5.11 Å². The van der Waals surface area contributed by atoms with Crippen molar-refractivity contribution in [3.05, 3.63) is 0 Å². The van der Waals surface area contributed by atoms with Crippen LogP contribution >= 0.6 is 0 Å². The average Bonchev–Trinajstić information content (AvgIpc) is 2.10. The molecule has 90 valence electrons. The maximum absolute atomic E-state index is 9.69. The number of nitrogens with zero attached hydrogens (tertiary/aromatic N) is 2. The summed E-state index contributed by atoms with van der Waals surface area (Å²) in [6.07, 6.45) is -0.243. The highest BCUT2D eigenvalue weighted by molar-refractivity contribution is 4.83. The molecule has 3 heteroatoms. The van der Waals surface area contributed by atoms with Crippen molar-refractivity contribution in [2.75, 3.05) is 33.2 Å². The highest BCUT2D eigenvalue weighted by atomic mass is 16.3. The largest absolute Gasteiger partial charge is 0.393 e. The molecule has 0 spiro atoms. The monoisotopic (exact) mass is 214 g/mol. The van der Waals surface area contributed by atoms with Crippen molar-refractivity contribution in [1.82, 2.24) is 9.80 Å². The van der Waals surface area contributed by atoms with Gasteiger partial charge in [-0.05, 0) is 20.9 Å². The van der Waals surface area contributed by atoms with Crippen LogP contribution in [0.4, 0.5) is 0 Å². The summed E-state index contributed by atoms with van der Waals surface area (Å²) in [5.41, 5.74) is -0.00433. The summed E-state index contributed by atoms with van der Waals surface area (Å²) in [5, 5.41) is 9.69. The quantitative estimate of drug-likeness (QED) is 0.760. The maximum Gasteiger partial charge on any atom is 0.0575 e. The lowest BCUT2D eigenvalue weighted by atomic mass is 9.86. The van der Waals surface area contributed by atoms with Crippen LogP contribution in [-0.2, 0) is 0 Å². The van der Waals surface area contributed by atoms with Crippen molar-refractivity contribution in [2.24, 2.45) is 5.41 Å². The molecular weight excluding hydrogens is 188 g/mol. The minimum absolute atomic E-state index is 0.00433. The number of hydrogen-bond donors (Lipinski definition) is 1. The van der Waals surface area contributed by atoms with Gasteiger partial charge in [0.1, 0.15) is 0 Å². The summed E-state index contributed by atoms with van der Waals surface area (Å²) in [4.78, 5) is 4.86. The van der Waals surface area contributed by atoms with Gasteiger partial charge in [-0.25, -0.2) is 0 Å². The molecule has 2 atom stereocenters. The Morgan fingerprint density at radius 3 is 2.47 bits per heavy atom. The van der Waals surface area contributed by atoms with Gasteiger partial charge < -0.3 is 10.0 Å². The van der Waals surface area contributed by atoms with Gasteiger partial charge in [-0.1, -0.05) is 13.8 Å². The van der Waals surface area contributed by atoms with Crippen LogP contribution in [0.5, 0.6) is 0 Å². The van der Waals surface area contributed by atoms with Gasteiger partial charge in [0.25, 0.3) is 0 Å². The molecule has 0 bridgehead atoms. The minimum Gasteiger partial charge on any atom is -0.393 e. The molecule has 0 amide bonds. The van der Waals surface area contributed by atoms with E-state index in [1.165, 1.54) is 0 Å². The summed E-state index contributed by atoms with van der Waals surface area (Å²) in [5.74, 6) is 0. The fourth-order valence-electron chi connectivity index (χ4n) is 1.98. The molecule has 0 aromatic carbocycles. The first-order valence-corrected chi connectivity index (χ1v) is 5.93. The van der Waals surface area contributed by atoms with Gasteiger partial charge in [0.15, 0.2) is 0 Å². The summed E-state index contributed by atoms with van der Waals surface area (Å²) < 4.78 is 0. The van der Waals surface area contributed by atoms with Crippen molar-refractivity contribution in [3.63, 3.8) is 0 Å². The van der Waals surface area contributed by atoms with E-state index in [1.807, 2.05) is 6.92 Å². The van der Waals surface area contributed by atoms with Crippen LogP contribution < -0.4 is 0 Å². The Morgan fingerprint density at radius 2 is 2.00 bits per heavy atom. The van der Waals surface area contributed by atoms with Crippen molar-refractivity contribution in [3.8, 4) is 0 Å². The van der Waals surface area contributed by atoms with Crippen LogP contribution in [-0.4, -0.2) is 60.3 Å². The van der Waals surface area contributed by atoms with Gasteiger partial charge in [0.05, 0.1) is 6.10 Å². The molecule has 1 rings (SSSR count). The number of rotatable bonds is 3. The van der Waals surface area contributed by atoms with E-state index in [9.17, 15) is 5.11 Å². The van der Waals surface area contributed by atoms with E-state index < -0.39 is 0 Å². The molecule has 3 nitrogen and oxygen atoms in total. The third-order valence-electron chi connectivity index (χ3n) is 3.81. The second-order valence-corrected chi connectivity index (χ2v) is 5.73. The second kappa shape index (κ2) is 4.81. The molecule has 0 radical (unpaired) electrons. The SMILES string of the molecule is CC1CN(CC(C)(C)C(C)O)CCN1C. The smallest absolute Gasteiger partial charge is 0.0575 e. The third-order valence-corrected chi connectivity index (χ3v) is 3.81. The first-order chi connectivity index (χ1) is 6.83. The Morgan fingerprint density at radius 1 is 1.40 bits per heavy atom. The second-order valence-electron chi connectivity index (χ2n) is 5.73. The van der Waals surface area contributed by atoms with Gasteiger partial charge in [0, 0.05) is 37.6 Å². The molecule has 0 aromatic rings. The molecule has 15 heavy (non-hydrogen) atoms. The average molecular weight is 214 g/mol. The lowest BCUT2D eigenvalue weighted by Gasteiger charge is -2.42. The molecular formula is C12H26N2O. The predicted octanol–water partition coefficient (Wildman–Crippen LogP) is 1.03. The van der Waals surface area contributed by atoms with Gasteiger partial charge in [-0.3, -0.25) is 4.90 Å². The van der Waals surface area contributed by atoms with Crippen LogP contribution in [0, 0.1) is 5.41 Å². The molecule has 1 heterocycles. The molecule has 0 aromatic heterocycles. The topological polar surface area (TPSA) is 26.7 Å². The van der Waals surface area contributed by atoms with Gasteiger partial charge >= 0.3 is 0 Å². The van der Waals surface area contributed by atoms with E-state index in [4.69, 9.17) is 0 Å². The fourth-order valence-corrected chi connectivity index (χ4v) is 1.98. The summed E-state index contributed by atoms with van der Waals surface area (Å²) >= 11 is 0. The number of hydrogen-bond acceptors (Lipinski definition) is 3. The molecule has 1 aliphatic rings. The third kappa shape index (κ3) is 3.44. The lowest BCUT2D eigenvalue weighted by molar-refractivity contribution is 0.0116. The molecule has 0 saturated carbocycles. The Hall–Kier alpha value is -0.120. The zero-order valence-electron chi connectivity index (χ0n) is 10.8. The molecule has 2 unspecified atom stereocenters. The van der Waals surface area contributed by atoms with Crippen molar-refractivity contribution in [1.29, 1.82) is 0 Å². The molecule has 1 fully saturated rings. The number of aliphatic hydroxyl groups is 1. The molecule has 1 aliphatic heterocycles. The van der Waals surface area contributed by atoms with Crippen LogP contribution in [0.1, 0.15) is 27.7 Å². The highest BCUT2D eigenvalue weighted by Gasteiger charge is 2.29. The van der Waals surface area contributed by atoms with Crippen LogP contribution in [0.25, 0.3) is 0 Å². The van der Waals surface area contributed by atoms with E-state index in [0.29, 0.717) is 6.04 Å². The minimum atomic E-state index is -0.243. The van der Waals surface area contributed by atoms with Crippen LogP contribution in [0.15, 0.2) is 0 Å². The molecule has 1 saturated heterocycles. The standard InChI is InChI=1S/C12H26N2O/c1-10-8-14(7-6-13(10)5)9-12(3,4)11(2)15/h10-11,15H,6-9H2,1-5H3. The van der Waals surface area contributed by atoms with Crippen LogP contribution in [0.3, 0.4) is 0 Å². The Labute approximate surface area is 94.1 Å². The van der Waals surface area contributed by atoms with E-state index in [2.05, 4.69) is 37.6 Å². The van der Waals surface area contributed by atoms with Gasteiger partial charge in [-0.2, -0.15) is 0 Å². The highest BCUT2D eigenvalue weighted by Crippen LogP contribution is 2.23. The lowest BCUT2D eigenvalue weighted by Crippen LogP contribution is -2.53. The zero-order chi connectivity index (χ0) is 11.6. The maximum atomic E-state index is 9.69. The normalized spacial score (nSPS) is 28.0. The van der Waals surface area contributed by atoms with E-state index in [-0.39, 0.29) is 11.5 Å². The Kier molecular flexibility index (Phi) is 4.15. The summed E-state index contributed by atoms with van der Waals surface area (Å²) in [6.45, 7) is 12.8. The van der Waals surface area contributed by atoms with E-state index in [1.54, 1.807) is 0 Å².